The van der Waals surface area contributed by atoms with Crippen LogP contribution in [0.3, 0.4) is 0 Å². The molecular formula is C19H28N2O2. The first-order valence-electron chi connectivity index (χ1n) is 8.86. The number of hydrogen-bond acceptors (Lipinski definition) is 3. The van der Waals surface area contributed by atoms with Gasteiger partial charge in [0.25, 0.3) is 0 Å². The Morgan fingerprint density at radius 3 is 2.87 bits per heavy atom. The second kappa shape index (κ2) is 7.35. The molecule has 0 radical (unpaired) electrons. The van der Waals surface area contributed by atoms with Crippen LogP contribution < -0.4 is 10.1 Å². The van der Waals surface area contributed by atoms with E-state index in [0.29, 0.717) is 12.6 Å². The van der Waals surface area contributed by atoms with Gasteiger partial charge in [0.05, 0.1) is 19.3 Å². The van der Waals surface area contributed by atoms with Crippen molar-refractivity contribution < 1.29 is 9.53 Å². The number of piperidine rings is 1. The Labute approximate surface area is 139 Å². The third-order valence-corrected chi connectivity index (χ3v) is 5.33. The average molecular weight is 316 g/mol. The lowest BCUT2D eigenvalue weighted by Gasteiger charge is -2.43. The van der Waals surface area contributed by atoms with E-state index >= 15 is 0 Å². The van der Waals surface area contributed by atoms with Crippen LogP contribution in [0.1, 0.15) is 44.1 Å². The number of likely N-dealkylation sites (tertiary alicyclic amines) is 1. The minimum Gasteiger partial charge on any atom is -0.495 e. The van der Waals surface area contributed by atoms with Crippen LogP contribution in [0.2, 0.25) is 0 Å². The van der Waals surface area contributed by atoms with Gasteiger partial charge in [-0.15, -0.1) is 0 Å². The minimum atomic E-state index is 0.0696. The summed E-state index contributed by atoms with van der Waals surface area (Å²) in [5, 5.41) is 3.04. The predicted octanol–water partition coefficient (Wildman–Crippen LogP) is 3.60. The van der Waals surface area contributed by atoms with Gasteiger partial charge >= 0.3 is 0 Å². The molecule has 1 saturated heterocycles. The molecule has 0 aromatic heterocycles. The summed E-state index contributed by atoms with van der Waals surface area (Å²) in [5.74, 6) is 1.59. The number of benzene rings is 1. The molecule has 1 aliphatic heterocycles. The lowest BCUT2D eigenvalue weighted by molar-refractivity contribution is -0.118. The van der Waals surface area contributed by atoms with Gasteiger partial charge in [-0.1, -0.05) is 18.9 Å². The Kier molecular flexibility index (Phi) is 5.21. The van der Waals surface area contributed by atoms with Crippen molar-refractivity contribution in [2.45, 2.75) is 51.5 Å². The van der Waals surface area contributed by atoms with Gasteiger partial charge in [-0.2, -0.15) is 0 Å². The number of carbonyl (C=O) groups excluding carboxylic acids is 1. The van der Waals surface area contributed by atoms with Crippen molar-refractivity contribution in [1.82, 2.24) is 4.90 Å². The number of nitrogens with one attached hydrogen (secondary N) is 1. The van der Waals surface area contributed by atoms with E-state index < -0.39 is 0 Å². The van der Waals surface area contributed by atoms with Crippen LogP contribution in [-0.2, 0) is 4.79 Å². The molecule has 2 fully saturated rings. The molecule has 1 heterocycles. The van der Waals surface area contributed by atoms with Crippen LogP contribution in [0.5, 0.6) is 5.75 Å². The summed E-state index contributed by atoms with van der Waals surface area (Å²) < 4.78 is 5.35. The van der Waals surface area contributed by atoms with Crippen molar-refractivity contribution in [3.8, 4) is 5.75 Å². The van der Waals surface area contributed by atoms with E-state index in [9.17, 15) is 4.79 Å². The Morgan fingerprint density at radius 2 is 2.04 bits per heavy atom. The van der Waals surface area contributed by atoms with Crippen molar-refractivity contribution >= 4 is 11.6 Å². The van der Waals surface area contributed by atoms with Crippen LogP contribution in [0.4, 0.5) is 5.69 Å². The summed E-state index contributed by atoms with van der Waals surface area (Å²) in [6.45, 7) is 3.57. The number of nitrogens with zero attached hydrogens (tertiary/aromatic N) is 1. The first-order chi connectivity index (χ1) is 11.2. The normalized spacial score (nSPS) is 24.8. The number of hydrogen-bond donors (Lipinski definition) is 1. The highest BCUT2D eigenvalue weighted by Gasteiger charge is 2.33. The molecule has 0 spiro atoms. The van der Waals surface area contributed by atoms with Crippen LogP contribution in [0.25, 0.3) is 0 Å². The molecular weight excluding hydrogens is 288 g/mol. The number of amides is 1. The van der Waals surface area contributed by atoms with Gasteiger partial charge in [0.2, 0.25) is 5.91 Å². The Bertz CT molecular complexity index is 556. The fraction of sp³-hybridized carbons (Fsp3) is 0.632. The van der Waals surface area contributed by atoms with E-state index in [4.69, 9.17) is 4.74 Å². The second-order valence-electron chi connectivity index (χ2n) is 6.98. The monoisotopic (exact) mass is 316 g/mol. The molecule has 1 amide bonds. The van der Waals surface area contributed by atoms with Crippen molar-refractivity contribution in [2.75, 3.05) is 25.5 Å². The zero-order valence-corrected chi connectivity index (χ0v) is 14.3. The fourth-order valence-corrected chi connectivity index (χ4v) is 4.22. The number of fused-ring (bicyclic) bond motifs is 1. The molecule has 0 unspecified atom stereocenters. The van der Waals surface area contributed by atoms with Gasteiger partial charge in [0.15, 0.2) is 0 Å². The summed E-state index contributed by atoms with van der Waals surface area (Å²) in [5.41, 5.74) is 1.89. The summed E-state index contributed by atoms with van der Waals surface area (Å²) in [6.07, 6.45) is 7.84. The van der Waals surface area contributed by atoms with Gasteiger partial charge in [0.1, 0.15) is 5.75 Å². The summed E-state index contributed by atoms with van der Waals surface area (Å²) in [7, 11) is 1.64. The summed E-state index contributed by atoms with van der Waals surface area (Å²) in [4.78, 5) is 14.9. The average Bonchev–Trinajstić information content (AvgIpc) is 2.55. The van der Waals surface area contributed by atoms with Crippen LogP contribution >= 0.6 is 0 Å². The fourth-order valence-electron chi connectivity index (χ4n) is 4.22. The van der Waals surface area contributed by atoms with Crippen molar-refractivity contribution in [3.05, 3.63) is 23.8 Å². The van der Waals surface area contributed by atoms with Gasteiger partial charge < -0.3 is 10.1 Å². The van der Waals surface area contributed by atoms with Gasteiger partial charge in [-0.25, -0.2) is 0 Å². The maximum absolute atomic E-state index is 12.5. The Morgan fingerprint density at radius 1 is 1.26 bits per heavy atom. The molecule has 4 nitrogen and oxygen atoms in total. The van der Waals surface area contributed by atoms with Gasteiger partial charge in [-0.05, 0) is 62.8 Å². The summed E-state index contributed by atoms with van der Waals surface area (Å²) >= 11 is 0. The highest BCUT2D eigenvalue weighted by molar-refractivity contribution is 5.93. The second-order valence-corrected chi connectivity index (χ2v) is 6.98. The molecule has 2 aliphatic rings. The van der Waals surface area contributed by atoms with Gasteiger partial charge in [0, 0.05) is 6.04 Å². The standard InChI is InChI=1S/C19H28N2O2/c1-14-9-10-18(23-2)16(12-14)20-19(22)13-21-11-5-7-15-6-3-4-8-17(15)21/h9-10,12,15,17H,3-8,11,13H2,1-2H3,(H,20,22)/t15-,17-/m0/s1. The highest BCUT2D eigenvalue weighted by atomic mass is 16.5. The molecule has 3 rings (SSSR count). The molecule has 4 heteroatoms. The third-order valence-electron chi connectivity index (χ3n) is 5.33. The van der Waals surface area contributed by atoms with E-state index in [0.717, 1.165) is 29.5 Å². The molecule has 23 heavy (non-hydrogen) atoms. The van der Waals surface area contributed by atoms with E-state index in [1.807, 2.05) is 25.1 Å². The van der Waals surface area contributed by atoms with Gasteiger partial charge in [-0.3, -0.25) is 9.69 Å². The van der Waals surface area contributed by atoms with Crippen molar-refractivity contribution in [3.63, 3.8) is 0 Å². The van der Waals surface area contributed by atoms with E-state index in [1.54, 1.807) is 7.11 Å². The van der Waals surface area contributed by atoms with E-state index in [2.05, 4.69) is 10.2 Å². The van der Waals surface area contributed by atoms with E-state index in [-0.39, 0.29) is 5.91 Å². The van der Waals surface area contributed by atoms with Crippen LogP contribution in [-0.4, -0.2) is 37.0 Å². The summed E-state index contributed by atoms with van der Waals surface area (Å²) in [6, 6.07) is 6.48. The lowest BCUT2D eigenvalue weighted by atomic mass is 9.78. The molecule has 1 aliphatic carbocycles. The number of methoxy groups -OCH3 is 1. The number of ether oxygens (including phenoxy) is 1. The predicted molar refractivity (Wildman–Crippen MR) is 92.9 cm³/mol. The molecule has 1 aromatic carbocycles. The Balaban J connectivity index is 1.64. The molecule has 126 valence electrons. The zero-order chi connectivity index (χ0) is 16.2. The van der Waals surface area contributed by atoms with Crippen LogP contribution in [0, 0.1) is 12.8 Å². The van der Waals surface area contributed by atoms with E-state index in [1.165, 1.54) is 38.5 Å². The SMILES string of the molecule is COc1ccc(C)cc1NC(=O)CN1CCC[C@@H]2CCCC[C@@H]21. The van der Waals surface area contributed by atoms with Crippen LogP contribution in [0.15, 0.2) is 18.2 Å². The van der Waals surface area contributed by atoms with Crippen molar-refractivity contribution in [1.29, 1.82) is 0 Å². The molecule has 2 atom stereocenters. The third kappa shape index (κ3) is 3.86. The highest BCUT2D eigenvalue weighted by Crippen LogP contribution is 2.35. The largest absolute Gasteiger partial charge is 0.495 e. The number of anilines is 1. The number of carbonyl (C=O) groups is 1. The smallest absolute Gasteiger partial charge is 0.238 e. The number of aryl methyl sites for hydroxylation is 1. The first-order valence-corrected chi connectivity index (χ1v) is 8.86. The first kappa shape index (κ1) is 16.3. The maximum atomic E-state index is 12.5. The molecule has 1 N–H and O–H groups in total. The molecule has 1 saturated carbocycles. The number of rotatable bonds is 4. The minimum absolute atomic E-state index is 0.0696. The topological polar surface area (TPSA) is 41.6 Å². The Hall–Kier alpha value is -1.55. The molecule has 0 bridgehead atoms. The lowest BCUT2D eigenvalue weighted by Crippen LogP contribution is -2.49. The quantitative estimate of drug-likeness (QED) is 0.923. The molecule has 1 aromatic rings. The maximum Gasteiger partial charge on any atom is 0.238 e. The zero-order valence-electron chi connectivity index (χ0n) is 14.3. The van der Waals surface area contributed by atoms with Crippen molar-refractivity contribution in [2.24, 2.45) is 5.92 Å².